The van der Waals surface area contributed by atoms with Crippen LogP contribution >= 0.6 is 11.6 Å². The van der Waals surface area contributed by atoms with Gasteiger partial charge in [-0.25, -0.2) is 4.39 Å². The van der Waals surface area contributed by atoms with E-state index >= 15 is 0 Å². The van der Waals surface area contributed by atoms with Gasteiger partial charge in [-0.15, -0.1) is 0 Å². The van der Waals surface area contributed by atoms with E-state index in [1.54, 1.807) is 42.5 Å². The number of carbonyl (C=O) groups is 1. The number of hydrogen-bond acceptors (Lipinski definition) is 3. The summed E-state index contributed by atoms with van der Waals surface area (Å²) < 4.78 is 18.6. The topological polar surface area (TPSA) is 50.4 Å². The Bertz CT molecular complexity index is 886. The molecule has 4 nitrogen and oxygen atoms in total. The number of halogens is 2. The maximum Gasteiger partial charge on any atom is 0.262 e. The number of nitrogens with one attached hydrogen (secondary N) is 2. The fraction of sp³-hybridized carbons (Fsp3) is 0.0500. The number of rotatable bonds is 6. The molecule has 6 heteroatoms. The molecule has 0 aromatic heterocycles. The Labute approximate surface area is 155 Å². The first-order valence-electron chi connectivity index (χ1n) is 7.90. The second-order valence-electron chi connectivity index (χ2n) is 5.48. The van der Waals surface area contributed by atoms with Gasteiger partial charge in [0.15, 0.2) is 6.61 Å². The molecule has 132 valence electrons. The van der Waals surface area contributed by atoms with Gasteiger partial charge in [0.1, 0.15) is 11.6 Å². The van der Waals surface area contributed by atoms with Gasteiger partial charge in [-0.2, -0.15) is 0 Å². The highest BCUT2D eigenvalue weighted by molar-refractivity contribution is 6.31. The quantitative estimate of drug-likeness (QED) is 0.623. The molecule has 0 spiro atoms. The van der Waals surface area contributed by atoms with Crippen molar-refractivity contribution in [3.8, 4) is 5.75 Å². The van der Waals surface area contributed by atoms with Crippen molar-refractivity contribution >= 4 is 34.6 Å². The van der Waals surface area contributed by atoms with E-state index in [9.17, 15) is 9.18 Å². The zero-order chi connectivity index (χ0) is 18.4. The second-order valence-corrected chi connectivity index (χ2v) is 5.89. The van der Waals surface area contributed by atoms with Gasteiger partial charge >= 0.3 is 0 Å². The standard InChI is InChI=1S/C20H16ClFN2O2/c21-18-12-16(10-11-19(18)22)23-14-6-8-15(9-7-14)24-20(25)13-26-17-4-2-1-3-5-17/h1-12,23H,13H2,(H,24,25). The molecule has 0 atom stereocenters. The lowest BCUT2D eigenvalue weighted by Crippen LogP contribution is -2.20. The average molecular weight is 371 g/mol. The van der Waals surface area contributed by atoms with E-state index in [-0.39, 0.29) is 17.5 Å². The zero-order valence-electron chi connectivity index (χ0n) is 13.7. The van der Waals surface area contributed by atoms with E-state index in [0.29, 0.717) is 17.1 Å². The van der Waals surface area contributed by atoms with Crippen LogP contribution in [0, 0.1) is 5.82 Å². The summed E-state index contributed by atoms with van der Waals surface area (Å²) in [5.41, 5.74) is 2.10. The molecule has 0 aliphatic carbocycles. The van der Waals surface area contributed by atoms with Crippen molar-refractivity contribution in [2.24, 2.45) is 0 Å². The van der Waals surface area contributed by atoms with Crippen molar-refractivity contribution in [3.63, 3.8) is 0 Å². The molecular formula is C20H16ClFN2O2. The summed E-state index contributed by atoms with van der Waals surface area (Å²) in [6.07, 6.45) is 0. The fourth-order valence-corrected chi connectivity index (χ4v) is 2.42. The summed E-state index contributed by atoms with van der Waals surface area (Å²) in [6, 6.07) is 20.6. The molecule has 0 bridgehead atoms. The normalized spacial score (nSPS) is 10.2. The van der Waals surface area contributed by atoms with Crippen molar-refractivity contribution in [1.29, 1.82) is 0 Å². The summed E-state index contributed by atoms with van der Waals surface area (Å²) in [5.74, 6) is -0.0759. The molecule has 3 aromatic rings. The first-order chi connectivity index (χ1) is 12.6. The predicted octanol–water partition coefficient (Wildman–Crippen LogP) is 5.24. The number of amides is 1. The molecule has 0 fully saturated rings. The van der Waals surface area contributed by atoms with Gasteiger partial charge in [0.05, 0.1) is 5.02 Å². The fourth-order valence-electron chi connectivity index (χ4n) is 2.24. The highest BCUT2D eigenvalue weighted by Gasteiger charge is 2.05. The molecule has 2 N–H and O–H groups in total. The van der Waals surface area contributed by atoms with Gasteiger partial charge in [-0.1, -0.05) is 29.8 Å². The van der Waals surface area contributed by atoms with Crippen molar-refractivity contribution in [1.82, 2.24) is 0 Å². The third kappa shape index (κ3) is 4.97. The molecule has 3 rings (SSSR count). The van der Waals surface area contributed by atoms with Crippen LogP contribution in [-0.4, -0.2) is 12.5 Å². The van der Waals surface area contributed by atoms with E-state index in [1.807, 2.05) is 18.2 Å². The first kappa shape index (κ1) is 17.8. The lowest BCUT2D eigenvalue weighted by atomic mass is 10.2. The van der Waals surface area contributed by atoms with Crippen molar-refractivity contribution in [2.75, 3.05) is 17.2 Å². The molecule has 0 radical (unpaired) electrons. The maximum atomic E-state index is 13.2. The Morgan fingerprint density at radius 1 is 0.923 bits per heavy atom. The molecule has 0 saturated carbocycles. The SMILES string of the molecule is O=C(COc1ccccc1)Nc1ccc(Nc2ccc(F)c(Cl)c2)cc1. The Balaban J connectivity index is 1.53. The molecule has 0 aliphatic rings. The smallest absolute Gasteiger partial charge is 0.262 e. The van der Waals surface area contributed by atoms with E-state index < -0.39 is 5.82 Å². The van der Waals surface area contributed by atoms with Crippen LogP contribution in [0.2, 0.25) is 5.02 Å². The predicted molar refractivity (Wildman–Crippen MR) is 102 cm³/mol. The average Bonchev–Trinajstić information content (AvgIpc) is 2.65. The molecule has 0 saturated heterocycles. The Kier molecular flexibility index (Phi) is 5.71. The number of benzene rings is 3. The van der Waals surface area contributed by atoms with E-state index in [0.717, 1.165) is 5.69 Å². The lowest BCUT2D eigenvalue weighted by molar-refractivity contribution is -0.118. The number of anilines is 3. The van der Waals surface area contributed by atoms with Crippen molar-refractivity contribution in [3.05, 3.63) is 83.6 Å². The third-order valence-electron chi connectivity index (χ3n) is 3.49. The highest BCUT2D eigenvalue weighted by Crippen LogP contribution is 2.23. The molecular weight excluding hydrogens is 355 g/mol. The molecule has 0 aliphatic heterocycles. The highest BCUT2D eigenvalue weighted by atomic mass is 35.5. The minimum absolute atomic E-state index is 0.0531. The Hall–Kier alpha value is -3.05. The van der Waals surface area contributed by atoms with E-state index in [4.69, 9.17) is 16.3 Å². The molecule has 3 aromatic carbocycles. The molecule has 0 heterocycles. The maximum absolute atomic E-state index is 13.2. The van der Waals surface area contributed by atoms with Gasteiger partial charge in [0, 0.05) is 17.1 Å². The van der Waals surface area contributed by atoms with Crippen LogP contribution in [0.15, 0.2) is 72.8 Å². The largest absolute Gasteiger partial charge is 0.484 e. The second kappa shape index (κ2) is 8.36. The van der Waals surface area contributed by atoms with Crippen LogP contribution in [-0.2, 0) is 4.79 Å². The van der Waals surface area contributed by atoms with Gasteiger partial charge in [0.25, 0.3) is 5.91 Å². The van der Waals surface area contributed by atoms with Crippen LogP contribution in [0.4, 0.5) is 21.5 Å². The van der Waals surface area contributed by atoms with Gasteiger partial charge < -0.3 is 15.4 Å². The Morgan fingerprint density at radius 3 is 2.27 bits per heavy atom. The zero-order valence-corrected chi connectivity index (χ0v) is 14.5. The Morgan fingerprint density at radius 2 is 1.58 bits per heavy atom. The minimum atomic E-state index is -0.465. The van der Waals surface area contributed by atoms with Crippen molar-refractivity contribution in [2.45, 2.75) is 0 Å². The van der Waals surface area contributed by atoms with Crippen molar-refractivity contribution < 1.29 is 13.9 Å². The van der Waals surface area contributed by atoms with Crippen LogP contribution in [0.25, 0.3) is 0 Å². The third-order valence-corrected chi connectivity index (χ3v) is 3.78. The number of para-hydroxylation sites is 1. The van der Waals surface area contributed by atoms with Gasteiger partial charge in [-0.05, 0) is 54.6 Å². The minimum Gasteiger partial charge on any atom is -0.484 e. The van der Waals surface area contributed by atoms with E-state index in [1.165, 1.54) is 12.1 Å². The molecule has 26 heavy (non-hydrogen) atoms. The monoisotopic (exact) mass is 370 g/mol. The summed E-state index contributed by atoms with van der Waals surface area (Å²) in [4.78, 5) is 11.9. The van der Waals surface area contributed by atoms with Crippen LogP contribution in [0.3, 0.4) is 0 Å². The number of ether oxygens (including phenoxy) is 1. The van der Waals surface area contributed by atoms with E-state index in [2.05, 4.69) is 10.6 Å². The number of hydrogen-bond donors (Lipinski definition) is 2. The summed E-state index contributed by atoms with van der Waals surface area (Å²) in [6.45, 7) is -0.0713. The number of carbonyl (C=O) groups excluding carboxylic acids is 1. The summed E-state index contributed by atoms with van der Waals surface area (Å²) >= 11 is 5.76. The summed E-state index contributed by atoms with van der Waals surface area (Å²) in [7, 11) is 0. The van der Waals surface area contributed by atoms with Crippen LogP contribution in [0.5, 0.6) is 5.75 Å². The molecule has 0 unspecified atom stereocenters. The van der Waals surface area contributed by atoms with Gasteiger partial charge in [0.2, 0.25) is 0 Å². The first-order valence-corrected chi connectivity index (χ1v) is 8.28. The molecule has 1 amide bonds. The summed E-state index contributed by atoms with van der Waals surface area (Å²) in [5, 5.41) is 5.92. The lowest BCUT2D eigenvalue weighted by Gasteiger charge is -2.10. The van der Waals surface area contributed by atoms with Crippen LogP contribution in [0.1, 0.15) is 0 Å². The van der Waals surface area contributed by atoms with Crippen LogP contribution < -0.4 is 15.4 Å². The van der Waals surface area contributed by atoms with Gasteiger partial charge in [-0.3, -0.25) is 4.79 Å².